The number of halogens is 1. The third-order valence-corrected chi connectivity index (χ3v) is 5.95. The molecule has 1 heterocycles. The van der Waals surface area contributed by atoms with E-state index in [1.54, 1.807) is 6.07 Å². The van der Waals surface area contributed by atoms with Crippen LogP contribution in [0.15, 0.2) is 41.3 Å². The van der Waals surface area contributed by atoms with Crippen LogP contribution in [0, 0.1) is 10.1 Å². The van der Waals surface area contributed by atoms with Crippen molar-refractivity contribution in [3.63, 3.8) is 0 Å². The highest BCUT2D eigenvalue weighted by atomic mass is 35.5. The quantitative estimate of drug-likeness (QED) is 0.611. The molecule has 0 saturated heterocycles. The number of nitro groups is 1. The summed E-state index contributed by atoms with van der Waals surface area (Å²) in [5, 5.41) is 11.1. The second-order valence-electron chi connectivity index (χ2n) is 5.19. The molecule has 9 heteroatoms. The van der Waals surface area contributed by atoms with Crippen molar-refractivity contribution in [1.29, 1.82) is 0 Å². The first-order chi connectivity index (χ1) is 11.3. The fourth-order valence-electron chi connectivity index (χ4n) is 2.64. The Labute approximate surface area is 143 Å². The van der Waals surface area contributed by atoms with E-state index in [0.717, 1.165) is 5.56 Å². The van der Waals surface area contributed by atoms with Crippen LogP contribution in [-0.4, -0.2) is 27.0 Å². The van der Waals surface area contributed by atoms with Crippen molar-refractivity contribution < 1.29 is 18.1 Å². The van der Waals surface area contributed by atoms with E-state index in [1.807, 2.05) is 0 Å². The van der Waals surface area contributed by atoms with Crippen LogP contribution in [0.3, 0.4) is 0 Å². The molecule has 0 saturated carbocycles. The van der Waals surface area contributed by atoms with Crippen molar-refractivity contribution in [1.82, 2.24) is 0 Å². The van der Waals surface area contributed by atoms with Crippen LogP contribution in [0.5, 0.6) is 5.75 Å². The first kappa shape index (κ1) is 16.5. The lowest BCUT2D eigenvalue weighted by Crippen LogP contribution is -2.29. The highest BCUT2D eigenvalue weighted by Crippen LogP contribution is 2.36. The standard InChI is InChI=1S/C15H13ClN2O5S/c1-23-15-5-4-12(9-13(15)16)24(21,22)17-7-6-10-2-3-11(18(19)20)8-14(10)17/h2-5,8-9H,6-7H2,1H3. The zero-order valence-electron chi connectivity index (χ0n) is 12.6. The summed E-state index contributed by atoms with van der Waals surface area (Å²) in [7, 11) is -2.44. The van der Waals surface area contributed by atoms with E-state index in [2.05, 4.69) is 0 Å². The zero-order chi connectivity index (χ0) is 17.5. The Balaban J connectivity index is 2.06. The predicted molar refractivity (Wildman–Crippen MR) is 89.3 cm³/mol. The maximum Gasteiger partial charge on any atom is 0.271 e. The highest BCUT2D eigenvalue weighted by molar-refractivity contribution is 7.92. The third kappa shape index (κ3) is 2.67. The summed E-state index contributed by atoms with van der Waals surface area (Å²) in [5.41, 5.74) is 0.934. The summed E-state index contributed by atoms with van der Waals surface area (Å²) in [6.45, 7) is 0.225. The Morgan fingerprint density at radius 2 is 2.00 bits per heavy atom. The first-order valence-corrected chi connectivity index (χ1v) is 8.80. The molecule has 1 aliphatic heterocycles. The number of rotatable bonds is 4. The molecule has 0 bridgehead atoms. The number of ether oxygens (including phenoxy) is 1. The lowest BCUT2D eigenvalue weighted by molar-refractivity contribution is -0.384. The van der Waals surface area contributed by atoms with Gasteiger partial charge in [0.1, 0.15) is 5.75 Å². The number of hydrogen-bond acceptors (Lipinski definition) is 5. The van der Waals surface area contributed by atoms with Crippen LogP contribution in [-0.2, 0) is 16.4 Å². The van der Waals surface area contributed by atoms with Gasteiger partial charge in [-0.2, -0.15) is 0 Å². The van der Waals surface area contributed by atoms with Gasteiger partial charge >= 0.3 is 0 Å². The van der Waals surface area contributed by atoms with Crippen LogP contribution in [0.4, 0.5) is 11.4 Å². The maximum atomic E-state index is 12.9. The number of sulfonamides is 1. The summed E-state index contributed by atoms with van der Waals surface area (Å²) in [6, 6.07) is 8.42. The third-order valence-electron chi connectivity index (χ3n) is 3.84. The monoisotopic (exact) mass is 368 g/mol. The molecule has 0 fully saturated rings. The Kier molecular flexibility index (Phi) is 4.10. The van der Waals surface area contributed by atoms with E-state index in [4.69, 9.17) is 16.3 Å². The molecule has 0 unspecified atom stereocenters. The van der Waals surface area contributed by atoms with Crippen LogP contribution in [0.1, 0.15) is 5.56 Å². The van der Waals surface area contributed by atoms with Gasteiger partial charge in [-0.25, -0.2) is 8.42 Å². The highest BCUT2D eigenvalue weighted by Gasteiger charge is 2.32. The maximum absolute atomic E-state index is 12.9. The molecule has 1 aliphatic rings. The fourth-order valence-corrected chi connectivity index (χ4v) is 4.48. The molecule has 24 heavy (non-hydrogen) atoms. The van der Waals surface area contributed by atoms with Crippen LogP contribution >= 0.6 is 11.6 Å². The second kappa shape index (κ2) is 5.95. The average molecular weight is 369 g/mol. The minimum Gasteiger partial charge on any atom is -0.495 e. The van der Waals surface area contributed by atoms with E-state index in [9.17, 15) is 18.5 Å². The van der Waals surface area contributed by atoms with Gasteiger partial charge in [0.25, 0.3) is 15.7 Å². The minimum absolute atomic E-state index is 0.00709. The van der Waals surface area contributed by atoms with Gasteiger partial charge in [0.05, 0.1) is 27.6 Å². The molecule has 2 aromatic carbocycles. The molecule has 0 aromatic heterocycles. The molecular formula is C15H13ClN2O5S. The Morgan fingerprint density at radius 1 is 1.25 bits per heavy atom. The normalized spacial score (nSPS) is 13.7. The fraction of sp³-hybridized carbons (Fsp3) is 0.200. The van der Waals surface area contributed by atoms with Crippen molar-refractivity contribution in [2.45, 2.75) is 11.3 Å². The summed E-state index contributed by atoms with van der Waals surface area (Å²) < 4.78 is 32.0. The van der Waals surface area contributed by atoms with Crippen molar-refractivity contribution in [2.75, 3.05) is 18.0 Å². The zero-order valence-corrected chi connectivity index (χ0v) is 14.2. The van der Waals surface area contributed by atoms with Crippen molar-refractivity contribution >= 4 is 33.0 Å². The Bertz CT molecular complexity index is 929. The predicted octanol–water partition coefficient (Wildman–Crippen LogP) is 3.01. The summed E-state index contributed by atoms with van der Waals surface area (Å²) in [6.07, 6.45) is 0.496. The number of nitrogens with zero attached hydrogens (tertiary/aromatic N) is 2. The molecule has 2 aromatic rings. The van der Waals surface area contributed by atoms with Gasteiger partial charge in [0.15, 0.2) is 0 Å². The molecule has 7 nitrogen and oxygen atoms in total. The van der Waals surface area contributed by atoms with Gasteiger partial charge in [-0.05, 0) is 30.2 Å². The molecule has 0 N–H and O–H groups in total. The molecule has 0 atom stereocenters. The topological polar surface area (TPSA) is 89.8 Å². The smallest absolute Gasteiger partial charge is 0.271 e. The SMILES string of the molecule is COc1ccc(S(=O)(=O)N2CCc3ccc([N+](=O)[O-])cc32)cc1Cl. The number of fused-ring (bicyclic) bond motifs is 1. The van der Waals surface area contributed by atoms with Crippen LogP contribution in [0.25, 0.3) is 0 Å². The van der Waals surface area contributed by atoms with E-state index in [-0.39, 0.29) is 22.2 Å². The Morgan fingerprint density at radius 3 is 2.62 bits per heavy atom. The first-order valence-electron chi connectivity index (χ1n) is 6.98. The Hall–Kier alpha value is -2.32. The number of nitro benzene ring substituents is 1. The van der Waals surface area contributed by atoms with Crippen LogP contribution < -0.4 is 9.04 Å². The molecule has 0 spiro atoms. The largest absolute Gasteiger partial charge is 0.495 e. The number of non-ortho nitro benzene ring substituents is 1. The van der Waals surface area contributed by atoms with Gasteiger partial charge < -0.3 is 4.74 Å². The molecule has 0 radical (unpaired) electrons. The number of benzene rings is 2. The number of hydrogen-bond donors (Lipinski definition) is 0. The molecule has 126 valence electrons. The summed E-state index contributed by atoms with van der Waals surface area (Å²) in [4.78, 5) is 10.4. The average Bonchev–Trinajstić information content (AvgIpc) is 2.98. The molecule has 3 rings (SSSR count). The van der Waals surface area contributed by atoms with E-state index < -0.39 is 14.9 Å². The lowest BCUT2D eigenvalue weighted by Gasteiger charge is -2.20. The van der Waals surface area contributed by atoms with Gasteiger partial charge in [-0.1, -0.05) is 17.7 Å². The van der Waals surface area contributed by atoms with Crippen molar-refractivity contribution in [2.24, 2.45) is 0 Å². The van der Waals surface area contributed by atoms with Crippen molar-refractivity contribution in [3.8, 4) is 5.75 Å². The van der Waals surface area contributed by atoms with E-state index in [1.165, 1.54) is 41.7 Å². The van der Waals surface area contributed by atoms with E-state index in [0.29, 0.717) is 17.9 Å². The van der Waals surface area contributed by atoms with Crippen LogP contribution in [0.2, 0.25) is 5.02 Å². The minimum atomic E-state index is -3.87. The van der Waals surface area contributed by atoms with Gasteiger partial charge in [0.2, 0.25) is 0 Å². The molecular weight excluding hydrogens is 356 g/mol. The summed E-state index contributed by atoms with van der Waals surface area (Å²) >= 11 is 6.01. The molecule has 0 aliphatic carbocycles. The lowest BCUT2D eigenvalue weighted by atomic mass is 10.1. The summed E-state index contributed by atoms with van der Waals surface area (Å²) in [5.74, 6) is 0.369. The van der Waals surface area contributed by atoms with Crippen molar-refractivity contribution in [3.05, 3.63) is 57.1 Å². The second-order valence-corrected chi connectivity index (χ2v) is 7.46. The van der Waals surface area contributed by atoms with Gasteiger partial charge in [-0.3, -0.25) is 14.4 Å². The molecule has 0 amide bonds. The number of methoxy groups -OCH3 is 1. The van der Waals surface area contributed by atoms with E-state index >= 15 is 0 Å². The van der Waals surface area contributed by atoms with Gasteiger partial charge in [-0.15, -0.1) is 0 Å². The number of anilines is 1. The van der Waals surface area contributed by atoms with Gasteiger partial charge in [0, 0.05) is 18.7 Å².